The molecule has 116 valence electrons. The van der Waals surface area contributed by atoms with Crippen molar-refractivity contribution in [3.8, 4) is 0 Å². The number of aliphatic hydroxyl groups excluding tert-OH is 1. The molecule has 0 aromatic carbocycles. The summed E-state index contributed by atoms with van der Waals surface area (Å²) in [5.41, 5.74) is 5.75. The molecule has 1 amide bonds. The molecule has 0 bridgehead atoms. The molecule has 1 saturated carbocycles. The summed E-state index contributed by atoms with van der Waals surface area (Å²) in [5.74, 6) is -1.67. The number of rotatable bonds is 4. The van der Waals surface area contributed by atoms with E-state index in [1.165, 1.54) is 6.92 Å². The highest BCUT2D eigenvalue weighted by Gasteiger charge is 2.45. The van der Waals surface area contributed by atoms with Crippen LogP contribution in [0, 0.1) is 17.3 Å². The number of carbonyl (C=O) groups excluding carboxylic acids is 1. The molecule has 1 fully saturated rings. The number of amides is 1. The van der Waals surface area contributed by atoms with Crippen LogP contribution in [-0.4, -0.2) is 40.3 Å². The SMILES string of the molecule is CC1C(N)CCC(C(=O)N[C@H](C(=O)O)[C@@H](C)O)C1(C)C. The largest absolute Gasteiger partial charge is 0.480 e. The maximum absolute atomic E-state index is 12.4. The van der Waals surface area contributed by atoms with E-state index in [9.17, 15) is 14.7 Å². The molecule has 5 N–H and O–H groups in total. The summed E-state index contributed by atoms with van der Waals surface area (Å²) < 4.78 is 0. The fourth-order valence-corrected chi connectivity index (χ4v) is 2.96. The molecule has 0 aromatic heterocycles. The average Bonchev–Trinajstić information content (AvgIpc) is 2.32. The Hall–Kier alpha value is -1.14. The van der Waals surface area contributed by atoms with E-state index < -0.39 is 18.1 Å². The van der Waals surface area contributed by atoms with E-state index in [1.54, 1.807) is 0 Å². The fraction of sp³-hybridized carbons (Fsp3) is 0.857. The first-order valence-electron chi connectivity index (χ1n) is 7.05. The molecule has 3 unspecified atom stereocenters. The molecule has 6 heteroatoms. The Bertz CT molecular complexity index is 381. The quantitative estimate of drug-likeness (QED) is 0.595. The normalized spacial score (nSPS) is 32.2. The molecule has 6 nitrogen and oxygen atoms in total. The second kappa shape index (κ2) is 6.10. The highest BCUT2D eigenvalue weighted by molar-refractivity contribution is 5.85. The standard InChI is InChI=1S/C14H26N2O4/c1-7-10(15)6-5-9(14(7,3)4)12(18)16-11(8(2)17)13(19)20/h7-11,17H,5-6,15H2,1-4H3,(H,16,18)(H,19,20)/t7?,8-,9?,10?,11+/m1/s1. The number of carboxylic acids is 1. The van der Waals surface area contributed by atoms with Gasteiger partial charge in [0.05, 0.1) is 6.10 Å². The predicted molar refractivity (Wildman–Crippen MR) is 74.9 cm³/mol. The van der Waals surface area contributed by atoms with Gasteiger partial charge in [-0.25, -0.2) is 4.79 Å². The van der Waals surface area contributed by atoms with Crippen LogP contribution in [0.5, 0.6) is 0 Å². The summed E-state index contributed by atoms with van der Waals surface area (Å²) in [6.07, 6.45) is 0.244. The maximum atomic E-state index is 12.4. The van der Waals surface area contributed by atoms with Crippen LogP contribution >= 0.6 is 0 Å². The van der Waals surface area contributed by atoms with Crippen molar-refractivity contribution in [1.82, 2.24) is 5.32 Å². The molecular formula is C14H26N2O4. The van der Waals surface area contributed by atoms with Crippen molar-refractivity contribution in [1.29, 1.82) is 0 Å². The monoisotopic (exact) mass is 286 g/mol. The van der Waals surface area contributed by atoms with E-state index >= 15 is 0 Å². The van der Waals surface area contributed by atoms with Gasteiger partial charge in [0.15, 0.2) is 6.04 Å². The summed E-state index contributed by atoms with van der Waals surface area (Å²) in [6, 6.07) is -1.22. The lowest BCUT2D eigenvalue weighted by molar-refractivity contribution is -0.147. The summed E-state index contributed by atoms with van der Waals surface area (Å²) >= 11 is 0. The van der Waals surface area contributed by atoms with E-state index in [0.717, 1.165) is 6.42 Å². The Balaban J connectivity index is 2.84. The maximum Gasteiger partial charge on any atom is 0.328 e. The minimum Gasteiger partial charge on any atom is -0.480 e. The van der Waals surface area contributed by atoms with Crippen LogP contribution in [0.4, 0.5) is 0 Å². The van der Waals surface area contributed by atoms with Gasteiger partial charge in [0.1, 0.15) is 0 Å². The van der Waals surface area contributed by atoms with E-state index in [-0.39, 0.29) is 29.2 Å². The van der Waals surface area contributed by atoms with E-state index in [1.807, 2.05) is 20.8 Å². The second-order valence-electron chi connectivity index (χ2n) is 6.47. The minimum atomic E-state index is -1.27. The first-order valence-corrected chi connectivity index (χ1v) is 7.05. The first-order chi connectivity index (χ1) is 9.09. The van der Waals surface area contributed by atoms with Gasteiger partial charge >= 0.3 is 5.97 Å². The minimum absolute atomic E-state index is 0.0566. The van der Waals surface area contributed by atoms with Crippen molar-refractivity contribution in [2.24, 2.45) is 23.0 Å². The van der Waals surface area contributed by atoms with E-state index in [0.29, 0.717) is 6.42 Å². The zero-order chi connectivity index (χ0) is 15.7. The smallest absolute Gasteiger partial charge is 0.328 e. The molecule has 0 saturated heterocycles. The summed E-state index contributed by atoms with van der Waals surface area (Å²) in [5, 5.41) is 20.9. The van der Waals surface area contributed by atoms with Crippen molar-refractivity contribution >= 4 is 11.9 Å². The number of nitrogens with two attached hydrogens (primary N) is 1. The molecule has 20 heavy (non-hydrogen) atoms. The molecule has 1 rings (SSSR count). The lowest BCUT2D eigenvalue weighted by atomic mass is 9.61. The van der Waals surface area contributed by atoms with Gasteiger partial charge in [-0.1, -0.05) is 20.8 Å². The molecule has 0 aliphatic heterocycles. The number of aliphatic hydroxyl groups is 1. The Morgan fingerprint density at radius 2 is 1.90 bits per heavy atom. The highest BCUT2D eigenvalue weighted by atomic mass is 16.4. The Kier molecular flexibility index (Phi) is 5.15. The number of hydrogen-bond donors (Lipinski definition) is 4. The van der Waals surface area contributed by atoms with Crippen molar-refractivity contribution in [3.63, 3.8) is 0 Å². The van der Waals surface area contributed by atoms with Crippen molar-refractivity contribution in [2.75, 3.05) is 0 Å². The van der Waals surface area contributed by atoms with Crippen LogP contribution in [0.15, 0.2) is 0 Å². The fourth-order valence-electron chi connectivity index (χ4n) is 2.96. The molecule has 0 aromatic rings. The molecule has 5 atom stereocenters. The number of nitrogens with one attached hydrogen (secondary N) is 1. The summed E-state index contributed by atoms with van der Waals surface area (Å²) in [6.45, 7) is 7.34. The Morgan fingerprint density at radius 3 is 2.35 bits per heavy atom. The number of aliphatic carboxylic acids is 1. The van der Waals surface area contributed by atoms with Gasteiger partial charge in [0, 0.05) is 12.0 Å². The first kappa shape index (κ1) is 16.9. The lowest BCUT2D eigenvalue weighted by Crippen LogP contribution is -2.55. The Morgan fingerprint density at radius 1 is 1.35 bits per heavy atom. The highest BCUT2D eigenvalue weighted by Crippen LogP contribution is 2.44. The van der Waals surface area contributed by atoms with Gasteiger partial charge in [0.25, 0.3) is 0 Å². The molecule has 1 aliphatic carbocycles. The van der Waals surface area contributed by atoms with Gasteiger partial charge in [-0.15, -0.1) is 0 Å². The van der Waals surface area contributed by atoms with Crippen LogP contribution in [0.2, 0.25) is 0 Å². The van der Waals surface area contributed by atoms with Crippen LogP contribution in [0.25, 0.3) is 0 Å². The predicted octanol–water partition coefficient (Wildman–Crippen LogP) is 0.336. The van der Waals surface area contributed by atoms with E-state index in [2.05, 4.69) is 5.32 Å². The summed E-state index contributed by atoms with van der Waals surface area (Å²) in [4.78, 5) is 23.4. The topological polar surface area (TPSA) is 113 Å². The molecule has 0 radical (unpaired) electrons. The van der Waals surface area contributed by atoms with Crippen LogP contribution in [-0.2, 0) is 9.59 Å². The number of hydrogen-bond acceptors (Lipinski definition) is 4. The van der Waals surface area contributed by atoms with Crippen molar-refractivity contribution in [3.05, 3.63) is 0 Å². The van der Waals surface area contributed by atoms with Crippen LogP contribution < -0.4 is 11.1 Å². The molecule has 1 aliphatic rings. The van der Waals surface area contributed by atoms with Gasteiger partial charge in [-0.05, 0) is 31.1 Å². The number of carboxylic acid groups (broad SMARTS) is 1. The van der Waals surface area contributed by atoms with Gasteiger partial charge < -0.3 is 21.3 Å². The van der Waals surface area contributed by atoms with Crippen LogP contribution in [0.3, 0.4) is 0 Å². The zero-order valence-corrected chi connectivity index (χ0v) is 12.6. The third-order valence-corrected chi connectivity index (χ3v) is 4.87. The lowest BCUT2D eigenvalue weighted by Gasteiger charge is -2.46. The van der Waals surface area contributed by atoms with Crippen molar-refractivity contribution < 1.29 is 19.8 Å². The third kappa shape index (κ3) is 3.30. The van der Waals surface area contributed by atoms with Crippen molar-refractivity contribution in [2.45, 2.75) is 58.7 Å². The molecule has 0 spiro atoms. The van der Waals surface area contributed by atoms with Gasteiger partial charge in [-0.2, -0.15) is 0 Å². The average molecular weight is 286 g/mol. The van der Waals surface area contributed by atoms with Crippen LogP contribution in [0.1, 0.15) is 40.5 Å². The Labute approximate surface area is 119 Å². The second-order valence-corrected chi connectivity index (χ2v) is 6.47. The molecular weight excluding hydrogens is 260 g/mol. The third-order valence-electron chi connectivity index (χ3n) is 4.87. The number of carbonyl (C=O) groups is 2. The zero-order valence-electron chi connectivity index (χ0n) is 12.6. The van der Waals surface area contributed by atoms with Gasteiger partial charge in [-0.3, -0.25) is 4.79 Å². The van der Waals surface area contributed by atoms with E-state index in [4.69, 9.17) is 10.8 Å². The van der Waals surface area contributed by atoms with Gasteiger partial charge in [0.2, 0.25) is 5.91 Å². The molecule has 0 heterocycles. The summed E-state index contributed by atoms with van der Waals surface area (Å²) in [7, 11) is 0.